The van der Waals surface area contributed by atoms with Gasteiger partial charge in [-0.3, -0.25) is 0 Å². The van der Waals surface area contributed by atoms with E-state index in [0.717, 1.165) is 38.5 Å². The van der Waals surface area contributed by atoms with Gasteiger partial charge in [0.25, 0.3) is 0 Å². The average molecular weight is 316 g/mol. The van der Waals surface area contributed by atoms with Gasteiger partial charge in [-0.15, -0.1) is 0 Å². The maximum atomic E-state index is 8.07. The van der Waals surface area contributed by atoms with Crippen LogP contribution in [0.5, 0.6) is 0 Å². The van der Waals surface area contributed by atoms with Crippen molar-refractivity contribution in [2.75, 3.05) is 26.4 Å². The number of unbranched alkanes of at least 4 members (excludes halogenated alkanes) is 2. The molecule has 0 aromatic rings. The topological polar surface area (TPSA) is 80.9 Å². The Kier molecular flexibility index (Phi) is 85.9. The third-order valence-corrected chi connectivity index (χ3v) is 1.47. The zero-order valence-corrected chi connectivity index (χ0v) is 14.9. The molecule has 0 spiro atoms. The molecule has 4 N–H and O–H groups in total. The molecule has 0 aromatic carbocycles. The van der Waals surface area contributed by atoms with E-state index < -0.39 is 0 Å². The molecular weight excluding hydrogens is 280 g/mol. The van der Waals surface area contributed by atoms with Crippen molar-refractivity contribution in [2.24, 2.45) is 0 Å². The van der Waals surface area contributed by atoms with E-state index in [9.17, 15) is 0 Å². The molecule has 0 rings (SSSR count). The third kappa shape index (κ3) is 118. The molecule has 0 saturated carbocycles. The van der Waals surface area contributed by atoms with Crippen molar-refractivity contribution in [2.45, 2.75) is 66.2 Å². The van der Waals surface area contributed by atoms with Crippen LogP contribution >= 0.6 is 0 Å². The Balaban J connectivity index is -0.0000000453. The normalized spacial score (nSPS) is 7.58. The summed E-state index contributed by atoms with van der Waals surface area (Å²) in [7, 11) is 0. The zero-order valence-electron chi connectivity index (χ0n) is 13.4. The van der Waals surface area contributed by atoms with E-state index in [1.165, 1.54) is 0 Å². The van der Waals surface area contributed by atoms with Gasteiger partial charge in [0, 0.05) is 48.1 Å². The Labute approximate surface area is 135 Å². The molecule has 0 aliphatic rings. The molecule has 0 saturated heterocycles. The Hall–Kier alpha value is 0.554. The molecular formula is C14H36O4Ti. The standard InChI is InChI=1S/2C4H10O.2C3H8O.Ti/c2*1-2-3-4-5;2*1-2-3-4;/h2*5H,2-4H2,1H3;2*4H,2-3H2,1H3;. The van der Waals surface area contributed by atoms with E-state index in [-0.39, 0.29) is 21.7 Å². The molecule has 0 aromatic heterocycles. The minimum atomic E-state index is 0. The third-order valence-electron chi connectivity index (χ3n) is 1.47. The second-order valence-corrected chi connectivity index (χ2v) is 3.60. The van der Waals surface area contributed by atoms with Crippen molar-refractivity contribution >= 4 is 0 Å². The quantitative estimate of drug-likeness (QED) is 0.567. The fourth-order valence-corrected chi connectivity index (χ4v) is 0.316. The molecule has 19 heavy (non-hydrogen) atoms. The molecule has 0 bridgehead atoms. The van der Waals surface area contributed by atoms with Gasteiger partial charge < -0.3 is 20.4 Å². The van der Waals surface area contributed by atoms with Gasteiger partial charge in [-0.2, -0.15) is 0 Å². The molecule has 0 aliphatic carbocycles. The van der Waals surface area contributed by atoms with Crippen molar-refractivity contribution in [3.8, 4) is 0 Å². The minimum Gasteiger partial charge on any atom is -0.396 e. The summed E-state index contributed by atoms with van der Waals surface area (Å²) in [4.78, 5) is 0. The largest absolute Gasteiger partial charge is 0.396 e. The number of aliphatic hydroxyl groups is 4. The second-order valence-electron chi connectivity index (χ2n) is 3.60. The van der Waals surface area contributed by atoms with Crippen LogP contribution in [0, 0.1) is 0 Å². The maximum Gasteiger partial charge on any atom is 0.0430 e. The van der Waals surface area contributed by atoms with E-state index in [0.29, 0.717) is 26.4 Å². The van der Waals surface area contributed by atoms with E-state index in [1.807, 2.05) is 13.8 Å². The predicted octanol–water partition coefficient (Wildman–Crippen LogP) is 2.33. The van der Waals surface area contributed by atoms with Crippen LogP contribution < -0.4 is 0 Å². The first-order valence-electron chi connectivity index (χ1n) is 7.09. The van der Waals surface area contributed by atoms with Crippen molar-refractivity contribution in [1.29, 1.82) is 0 Å². The van der Waals surface area contributed by atoms with Gasteiger partial charge >= 0.3 is 0 Å². The molecule has 0 aliphatic heterocycles. The smallest absolute Gasteiger partial charge is 0.0430 e. The van der Waals surface area contributed by atoms with Gasteiger partial charge in [-0.05, 0) is 25.7 Å². The van der Waals surface area contributed by atoms with Crippen LogP contribution in [0.1, 0.15) is 66.2 Å². The summed E-state index contributed by atoms with van der Waals surface area (Å²) in [6.07, 6.45) is 5.83. The number of rotatable bonds is 6. The molecule has 5 heteroatoms. The second kappa shape index (κ2) is 51.3. The summed E-state index contributed by atoms with van der Waals surface area (Å²) in [5.74, 6) is 0. The fraction of sp³-hybridized carbons (Fsp3) is 1.00. The summed E-state index contributed by atoms with van der Waals surface area (Å²) < 4.78 is 0. The van der Waals surface area contributed by atoms with Crippen molar-refractivity contribution < 1.29 is 42.1 Å². The summed E-state index contributed by atoms with van der Waals surface area (Å²) in [5, 5.41) is 31.9. The van der Waals surface area contributed by atoms with E-state index in [2.05, 4.69) is 13.8 Å². The van der Waals surface area contributed by atoms with E-state index >= 15 is 0 Å². The van der Waals surface area contributed by atoms with Crippen LogP contribution in [0.2, 0.25) is 0 Å². The predicted molar refractivity (Wildman–Crippen MR) is 78.7 cm³/mol. The summed E-state index contributed by atoms with van der Waals surface area (Å²) in [6.45, 7) is 9.29. The molecule has 0 amide bonds. The first kappa shape index (κ1) is 31.8. The van der Waals surface area contributed by atoms with Gasteiger partial charge in [0.15, 0.2) is 0 Å². The van der Waals surface area contributed by atoms with E-state index in [4.69, 9.17) is 20.4 Å². The molecule has 0 fully saturated rings. The van der Waals surface area contributed by atoms with Crippen LogP contribution in [0.15, 0.2) is 0 Å². The molecule has 120 valence electrons. The molecule has 4 nitrogen and oxygen atoms in total. The summed E-state index contributed by atoms with van der Waals surface area (Å²) in [6, 6.07) is 0. The number of hydrogen-bond donors (Lipinski definition) is 4. The Morgan fingerprint density at radius 3 is 0.684 bits per heavy atom. The van der Waals surface area contributed by atoms with Gasteiger partial charge in [-0.1, -0.05) is 40.5 Å². The van der Waals surface area contributed by atoms with Crippen molar-refractivity contribution in [3.05, 3.63) is 0 Å². The monoisotopic (exact) mass is 316 g/mol. The van der Waals surface area contributed by atoms with E-state index in [1.54, 1.807) is 0 Å². The van der Waals surface area contributed by atoms with Gasteiger partial charge in [-0.25, -0.2) is 0 Å². The van der Waals surface area contributed by atoms with Gasteiger partial charge in [0.05, 0.1) is 0 Å². The first-order valence-corrected chi connectivity index (χ1v) is 7.09. The van der Waals surface area contributed by atoms with Crippen LogP contribution in [-0.2, 0) is 21.7 Å². The SMILES string of the molecule is CCCCO.CCCCO.CCCO.CCCO.[Ti]. The molecule has 0 unspecified atom stereocenters. The average Bonchev–Trinajstić information content (AvgIpc) is 2.42. The minimum absolute atomic E-state index is 0. The summed E-state index contributed by atoms with van der Waals surface area (Å²) >= 11 is 0. The van der Waals surface area contributed by atoms with Crippen LogP contribution in [0.3, 0.4) is 0 Å². The fourth-order valence-electron chi connectivity index (χ4n) is 0.316. The Bertz CT molecular complexity index is 67.8. The number of hydrogen-bond acceptors (Lipinski definition) is 4. The maximum absolute atomic E-state index is 8.07. The number of aliphatic hydroxyl groups excluding tert-OH is 4. The van der Waals surface area contributed by atoms with Crippen LogP contribution in [0.4, 0.5) is 0 Å². The zero-order chi connectivity index (χ0) is 15.1. The molecule has 0 atom stereocenters. The Morgan fingerprint density at radius 2 is 0.684 bits per heavy atom. The molecule has 0 radical (unpaired) electrons. The first-order chi connectivity index (χ1) is 8.66. The van der Waals surface area contributed by atoms with Crippen LogP contribution in [-0.4, -0.2) is 46.9 Å². The van der Waals surface area contributed by atoms with Gasteiger partial charge in [0.1, 0.15) is 0 Å². The Morgan fingerprint density at radius 1 is 0.474 bits per heavy atom. The summed E-state index contributed by atoms with van der Waals surface area (Å²) in [5.41, 5.74) is 0. The van der Waals surface area contributed by atoms with Crippen molar-refractivity contribution in [1.82, 2.24) is 0 Å². The van der Waals surface area contributed by atoms with Crippen molar-refractivity contribution in [3.63, 3.8) is 0 Å². The molecule has 0 heterocycles. The van der Waals surface area contributed by atoms with Gasteiger partial charge in [0.2, 0.25) is 0 Å². The van der Waals surface area contributed by atoms with Crippen LogP contribution in [0.25, 0.3) is 0 Å².